The minimum Gasteiger partial charge on any atom is -0.472 e. The first kappa shape index (κ1) is 13.9. The van der Waals surface area contributed by atoms with Crippen LogP contribution in [0.25, 0.3) is 0 Å². The molecule has 4 heterocycles. The second-order valence-corrected chi connectivity index (χ2v) is 6.93. The van der Waals surface area contributed by atoms with Crippen LogP contribution >= 0.6 is 0 Å². The molecule has 124 valence electrons. The molecule has 1 aromatic heterocycles. The van der Waals surface area contributed by atoms with Crippen LogP contribution in [0.4, 0.5) is 14.6 Å². The summed E-state index contributed by atoms with van der Waals surface area (Å²) in [5, 5.41) is 0. The molecule has 1 spiro atoms. The van der Waals surface area contributed by atoms with Gasteiger partial charge in [0.25, 0.3) is 0 Å². The van der Waals surface area contributed by atoms with Crippen LogP contribution in [0.15, 0.2) is 29.1 Å². The van der Waals surface area contributed by atoms with Crippen LogP contribution in [0.2, 0.25) is 0 Å². The summed E-state index contributed by atoms with van der Waals surface area (Å²) in [4.78, 5) is 18.5. The molecule has 5 nitrogen and oxygen atoms in total. The van der Waals surface area contributed by atoms with E-state index in [-0.39, 0.29) is 29.3 Å². The molecule has 2 aromatic rings. The van der Waals surface area contributed by atoms with Gasteiger partial charge in [-0.25, -0.2) is 13.6 Å². The maximum atomic E-state index is 13.7. The predicted molar refractivity (Wildman–Crippen MR) is 82.0 cm³/mol. The Hall–Kier alpha value is -2.44. The Morgan fingerprint density at radius 3 is 3.00 bits per heavy atom. The molecule has 0 radical (unpaired) electrons. The van der Waals surface area contributed by atoms with Crippen molar-refractivity contribution in [2.24, 2.45) is 5.92 Å². The van der Waals surface area contributed by atoms with E-state index in [9.17, 15) is 13.6 Å². The van der Waals surface area contributed by atoms with E-state index in [0.29, 0.717) is 12.5 Å². The largest absolute Gasteiger partial charge is 0.472 e. The first-order chi connectivity index (χ1) is 11.6. The van der Waals surface area contributed by atoms with Crippen LogP contribution in [0.5, 0.6) is 5.88 Å². The number of halogens is 2. The van der Waals surface area contributed by atoms with E-state index in [1.807, 2.05) is 0 Å². The Bertz CT molecular complexity index is 905. The van der Waals surface area contributed by atoms with Crippen molar-refractivity contribution < 1.29 is 13.5 Å². The quantitative estimate of drug-likeness (QED) is 0.864. The highest BCUT2D eigenvalue weighted by Gasteiger charge is 2.60. The van der Waals surface area contributed by atoms with E-state index in [4.69, 9.17) is 4.74 Å². The van der Waals surface area contributed by atoms with Crippen LogP contribution < -0.4 is 15.3 Å². The minimum atomic E-state index is -0.935. The van der Waals surface area contributed by atoms with E-state index in [1.54, 1.807) is 10.6 Å². The van der Waals surface area contributed by atoms with Gasteiger partial charge >= 0.3 is 5.69 Å². The van der Waals surface area contributed by atoms with Crippen molar-refractivity contribution in [1.29, 1.82) is 0 Å². The fourth-order valence-corrected chi connectivity index (χ4v) is 4.39. The lowest BCUT2D eigenvalue weighted by Gasteiger charge is -2.37. The highest BCUT2D eigenvalue weighted by molar-refractivity contribution is 5.54. The summed E-state index contributed by atoms with van der Waals surface area (Å²) in [7, 11) is 0. The van der Waals surface area contributed by atoms with Gasteiger partial charge in [-0.2, -0.15) is 4.98 Å². The summed E-state index contributed by atoms with van der Waals surface area (Å²) in [6.07, 6.45) is 2.25. The van der Waals surface area contributed by atoms with Crippen molar-refractivity contribution in [1.82, 2.24) is 9.55 Å². The van der Waals surface area contributed by atoms with Gasteiger partial charge in [-0.15, -0.1) is 0 Å². The molecular weight excluding hydrogens is 316 g/mol. The molecule has 1 saturated carbocycles. The van der Waals surface area contributed by atoms with Gasteiger partial charge in [-0.3, -0.25) is 4.57 Å². The van der Waals surface area contributed by atoms with E-state index >= 15 is 0 Å². The minimum absolute atomic E-state index is 0.0891. The van der Waals surface area contributed by atoms with Gasteiger partial charge in [0.2, 0.25) is 5.88 Å². The first-order valence-corrected chi connectivity index (χ1v) is 8.01. The average molecular weight is 331 g/mol. The molecule has 1 aromatic carbocycles. The smallest absolute Gasteiger partial charge is 0.352 e. The van der Waals surface area contributed by atoms with Crippen molar-refractivity contribution in [2.75, 3.05) is 11.4 Å². The molecule has 1 aliphatic carbocycles. The lowest BCUT2D eigenvalue weighted by Crippen LogP contribution is -2.44. The van der Waals surface area contributed by atoms with Crippen LogP contribution in [-0.2, 0) is 13.2 Å². The zero-order valence-electron chi connectivity index (χ0n) is 12.8. The van der Waals surface area contributed by atoms with Gasteiger partial charge in [0.1, 0.15) is 12.4 Å². The van der Waals surface area contributed by atoms with E-state index in [1.165, 1.54) is 12.1 Å². The SMILES string of the molecule is O=c1nc(OCc2cccc(F)c2F)cc2n1CC13CC(CN21)C3. The number of nitrogens with zero attached hydrogens (tertiary/aromatic N) is 3. The van der Waals surface area contributed by atoms with Gasteiger partial charge in [0, 0.05) is 18.2 Å². The Labute approximate surface area is 136 Å². The van der Waals surface area contributed by atoms with Gasteiger partial charge in [-0.05, 0) is 24.8 Å². The van der Waals surface area contributed by atoms with Crippen molar-refractivity contribution in [3.8, 4) is 5.88 Å². The second kappa shape index (κ2) is 4.55. The lowest BCUT2D eigenvalue weighted by molar-refractivity contribution is 0.229. The molecule has 24 heavy (non-hydrogen) atoms. The normalized spacial score (nSPS) is 26.1. The molecule has 0 N–H and O–H groups in total. The topological polar surface area (TPSA) is 47.4 Å². The van der Waals surface area contributed by atoms with Crippen LogP contribution in [0.1, 0.15) is 18.4 Å². The Morgan fingerprint density at radius 2 is 2.17 bits per heavy atom. The number of rotatable bonds is 3. The molecule has 4 aliphatic rings. The Balaban J connectivity index is 1.43. The number of ether oxygens (including phenoxy) is 1. The fraction of sp³-hybridized carbons (Fsp3) is 0.412. The average Bonchev–Trinajstić information content (AvgIpc) is 3.14. The van der Waals surface area contributed by atoms with Gasteiger partial charge in [0.05, 0.1) is 12.1 Å². The van der Waals surface area contributed by atoms with Crippen LogP contribution in [-0.4, -0.2) is 21.6 Å². The molecule has 0 amide bonds. The predicted octanol–water partition coefficient (Wildman–Crippen LogP) is 2.08. The van der Waals surface area contributed by atoms with E-state index in [2.05, 4.69) is 9.88 Å². The number of hydrogen-bond acceptors (Lipinski definition) is 4. The summed E-state index contributed by atoms with van der Waals surface area (Å²) >= 11 is 0. The summed E-state index contributed by atoms with van der Waals surface area (Å²) in [5.74, 6) is -0.167. The summed E-state index contributed by atoms with van der Waals surface area (Å²) < 4.78 is 34.1. The van der Waals surface area contributed by atoms with E-state index < -0.39 is 11.6 Å². The highest BCUT2D eigenvalue weighted by atomic mass is 19.2. The molecule has 6 rings (SSSR count). The third kappa shape index (κ3) is 1.78. The number of aromatic nitrogens is 2. The molecule has 0 unspecified atom stereocenters. The molecule has 2 bridgehead atoms. The zero-order valence-corrected chi connectivity index (χ0v) is 12.8. The number of fused-ring (bicyclic) bond motifs is 1. The second-order valence-electron chi connectivity index (χ2n) is 6.93. The summed E-state index contributed by atoms with van der Waals surface area (Å²) in [6, 6.07) is 5.65. The third-order valence-electron chi connectivity index (χ3n) is 5.45. The number of anilines is 1. The van der Waals surface area contributed by atoms with Crippen molar-refractivity contribution in [3.05, 3.63) is 51.9 Å². The van der Waals surface area contributed by atoms with Crippen molar-refractivity contribution in [2.45, 2.75) is 31.5 Å². The Kier molecular flexibility index (Phi) is 2.65. The molecule has 7 heteroatoms. The fourth-order valence-electron chi connectivity index (χ4n) is 4.39. The zero-order chi connectivity index (χ0) is 16.5. The molecule has 3 fully saturated rings. The van der Waals surface area contributed by atoms with Gasteiger partial charge < -0.3 is 9.64 Å². The highest BCUT2D eigenvalue weighted by Crippen LogP contribution is 2.56. The molecule has 2 saturated heterocycles. The van der Waals surface area contributed by atoms with Gasteiger partial charge in [0.15, 0.2) is 11.6 Å². The Morgan fingerprint density at radius 1 is 1.33 bits per heavy atom. The maximum absolute atomic E-state index is 13.7. The monoisotopic (exact) mass is 331 g/mol. The van der Waals surface area contributed by atoms with Gasteiger partial charge in [-0.1, -0.05) is 12.1 Å². The first-order valence-electron chi connectivity index (χ1n) is 8.01. The standard InChI is InChI=1S/C17H15F2N3O2/c18-12-3-1-2-11(15(12)19)8-24-13-4-14-21(16(23)20-13)9-17-5-10(6-17)7-22(14)17/h1-4,10H,5-9H2. The van der Waals surface area contributed by atoms with Crippen LogP contribution in [0.3, 0.4) is 0 Å². The molecule has 0 atom stereocenters. The lowest BCUT2D eigenvalue weighted by atomic mass is 9.74. The number of hydrogen-bond donors (Lipinski definition) is 0. The van der Waals surface area contributed by atoms with Crippen molar-refractivity contribution >= 4 is 5.82 Å². The molecule has 3 aliphatic heterocycles. The maximum Gasteiger partial charge on any atom is 0.352 e. The number of benzene rings is 1. The molecular formula is C17H15F2N3O2. The van der Waals surface area contributed by atoms with E-state index in [0.717, 1.165) is 31.3 Å². The van der Waals surface area contributed by atoms with Crippen LogP contribution in [0, 0.1) is 17.6 Å². The third-order valence-corrected chi connectivity index (χ3v) is 5.45. The summed E-state index contributed by atoms with van der Waals surface area (Å²) in [5.41, 5.74) is -0.169. The van der Waals surface area contributed by atoms with Crippen molar-refractivity contribution in [3.63, 3.8) is 0 Å². The summed E-state index contributed by atoms with van der Waals surface area (Å²) in [6.45, 7) is 1.47.